The van der Waals surface area contributed by atoms with Crippen LogP contribution in [0, 0.1) is 5.92 Å². The van der Waals surface area contributed by atoms with E-state index in [9.17, 15) is 0 Å². The van der Waals surface area contributed by atoms with E-state index in [0.717, 1.165) is 24.5 Å². The third kappa shape index (κ3) is 2.46. The molecule has 3 heterocycles. The van der Waals surface area contributed by atoms with Gasteiger partial charge in [-0.05, 0) is 18.8 Å². The summed E-state index contributed by atoms with van der Waals surface area (Å²) >= 11 is 1.79. The Morgan fingerprint density at radius 2 is 2.00 bits per heavy atom. The number of likely N-dealkylation sites (tertiary alicyclic amines) is 2. The van der Waals surface area contributed by atoms with Crippen molar-refractivity contribution in [1.82, 2.24) is 14.8 Å². The monoisotopic (exact) mass is 265 g/mol. The highest BCUT2D eigenvalue weighted by molar-refractivity contribution is 7.09. The largest absolute Gasteiger partial charge is 0.298 e. The Labute approximate surface area is 114 Å². The molecule has 0 radical (unpaired) electrons. The molecule has 0 unspecified atom stereocenters. The van der Waals surface area contributed by atoms with Gasteiger partial charge >= 0.3 is 0 Å². The molecule has 100 valence electrons. The van der Waals surface area contributed by atoms with Crippen molar-refractivity contribution in [2.45, 2.75) is 45.3 Å². The smallest absolute Gasteiger partial charge is 0.107 e. The van der Waals surface area contributed by atoms with Crippen molar-refractivity contribution in [3.63, 3.8) is 0 Å². The van der Waals surface area contributed by atoms with Gasteiger partial charge in [-0.3, -0.25) is 9.80 Å². The molecule has 2 aliphatic heterocycles. The molecule has 3 nitrogen and oxygen atoms in total. The van der Waals surface area contributed by atoms with Crippen LogP contribution in [0.5, 0.6) is 0 Å². The van der Waals surface area contributed by atoms with Crippen LogP contribution in [0.4, 0.5) is 0 Å². The molecule has 0 bridgehead atoms. The fraction of sp³-hybridized carbons (Fsp3) is 0.786. The molecule has 18 heavy (non-hydrogen) atoms. The normalized spacial score (nSPS) is 29.3. The third-order valence-corrected chi connectivity index (χ3v) is 4.99. The Bertz CT molecular complexity index is 376. The molecule has 0 N–H and O–H groups in total. The van der Waals surface area contributed by atoms with Crippen LogP contribution >= 0.6 is 11.3 Å². The predicted molar refractivity (Wildman–Crippen MR) is 75.7 cm³/mol. The van der Waals surface area contributed by atoms with E-state index in [1.807, 2.05) is 6.20 Å². The highest BCUT2D eigenvalue weighted by atomic mass is 32.1. The number of rotatable bonds is 4. The van der Waals surface area contributed by atoms with E-state index in [2.05, 4.69) is 34.0 Å². The zero-order chi connectivity index (χ0) is 12.5. The quantitative estimate of drug-likeness (QED) is 0.833. The van der Waals surface area contributed by atoms with Crippen molar-refractivity contribution in [2.75, 3.05) is 19.6 Å². The van der Waals surface area contributed by atoms with Crippen molar-refractivity contribution < 1.29 is 0 Å². The van der Waals surface area contributed by atoms with Crippen molar-refractivity contribution in [3.8, 4) is 0 Å². The highest BCUT2D eigenvalue weighted by Gasteiger charge is 2.42. The summed E-state index contributed by atoms with van der Waals surface area (Å²) < 4.78 is 0. The van der Waals surface area contributed by atoms with Gasteiger partial charge in [0.25, 0.3) is 0 Å². The molecule has 0 aromatic carbocycles. The van der Waals surface area contributed by atoms with Crippen LogP contribution in [0.2, 0.25) is 0 Å². The van der Waals surface area contributed by atoms with E-state index in [4.69, 9.17) is 0 Å². The van der Waals surface area contributed by atoms with Gasteiger partial charge in [-0.2, -0.15) is 0 Å². The Kier molecular flexibility index (Phi) is 3.68. The second-order valence-corrected chi connectivity index (χ2v) is 6.98. The summed E-state index contributed by atoms with van der Waals surface area (Å²) in [7, 11) is 0. The molecule has 0 aliphatic carbocycles. The van der Waals surface area contributed by atoms with Crippen LogP contribution in [-0.2, 0) is 6.54 Å². The molecule has 3 rings (SSSR count). The van der Waals surface area contributed by atoms with E-state index in [-0.39, 0.29) is 0 Å². The van der Waals surface area contributed by atoms with E-state index < -0.39 is 0 Å². The maximum atomic E-state index is 4.42. The Balaban J connectivity index is 1.61. The minimum absolute atomic E-state index is 0.785. The first-order valence-corrected chi connectivity index (χ1v) is 7.98. The van der Waals surface area contributed by atoms with Crippen LogP contribution in [0.3, 0.4) is 0 Å². The second-order valence-electron chi connectivity index (χ2n) is 6.00. The van der Waals surface area contributed by atoms with Gasteiger partial charge in [0.15, 0.2) is 0 Å². The summed E-state index contributed by atoms with van der Waals surface area (Å²) in [5.41, 5.74) is 0. The van der Waals surface area contributed by atoms with Gasteiger partial charge < -0.3 is 0 Å². The number of nitrogens with zero attached hydrogens (tertiary/aromatic N) is 3. The summed E-state index contributed by atoms with van der Waals surface area (Å²) in [5.74, 6) is 0.789. The lowest BCUT2D eigenvalue weighted by molar-refractivity contribution is 0.203. The van der Waals surface area contributed by atoms with E-state index in [1.54, 1.807) is 11.3 Å². The van der Waals surface area contributed by atoms with Gasteiger partial charge in [-0.25, -0.2) is 4.98 Å². The first-order valence-electron chi connectivity index (χ1n) is 7.10. The molecule has 2 atom stereocenters. The summed E-state index contributed by atoms with van der Waals surface area (Å²) in [4.78, 5) is 9.80. The lowest BCUT2D eigenvalue weighted by atomic mass is 10.1. The lowest BCUT2D eigenvalue weighted by Gasteiger charge is -2.26. The van der Waals surface area contributed by atoms with Crippen molar-refractivity contribution in [1.29, 1.82) is 0 Å². The zero-order valence-corrected chi connectivity index (χ0v) is 12.2. The number of aromatic nitrogens is 1. The minimum atomic E-state index is 0.785. The maximum Gasteiger partial charge on any atom is 0.107 e. The van der Waals surface area contributed by atoms with Crippen molar-refractivity contribution >= 4 is 11.3 Å². The Hall–Kier alpha value is -0.450. The number of hydrogen-bond donors (Lipinski definition) is 0. The molecule has 2 fully saturated rings. The Morgan fingerprint density at radius 3 is 2.67 bits per heavy atom. The molecule has 2 saturated heterocycles. The average molecular weight is 265 g/mol. The molecule has 0 spiro atoms. The first-order chi connectivity index (χ1) is 8.74. The van der Waals surface area contributed by atoms with Gasteiger partial charge in [-0.15, -0.1) is 11.3 Å². The molecular weight excluding hydrogens is 242 g/mol. The minimum Gasteiger partial charge on any atom is -0.298 e. The van der Waals surface area contributed by atoms with Gasteiger partial charge in [-0.1, -0.05) is 13.8 Å². The molecule has 4 heteroatoms. The second kappa shape index (κ2) is 5.27. The summed E-state index contributed by atoms with van der Waals surface area (Å²) in [6.07, 6.45) is 4.62. The van der Waals surface area contributed by atoms with Crippen LogP contribution < -0.4 is 0 Å². The van der Waals surface area contributed by atoms with Gasteiger partial charge in [0.2, 0.25) is 0 Å². The molecular formula is C14H23N3S. The number of thiazole rings is 1. The fourth-order valence-corrected chi connectivity index (χ4v) is 4.20. The molecule has 2 aliphatic rings. The van der Waals surface area contributed by atoms with Crippen LogP contribution in [0.25, 0.3) is 0 Å². The summed E-state index contributed by atoms with van der Waals surface area (Å²) in [6.45, 7) is 9.54. The standard InChI is InChI=1S/C14H23N3S/c1-11(2)9-16-6-3-13-12(16)4-7-17(13)10-14-15-5-8-18-14/h5,8,11-13H,3-4,6-7,9-10H2,1-2H3/t12-,13+/m0/s1. The number of fused-ring (bicyclic) bond motifs is 1. The SMILES string of the molecule is CC(C)CN1CC[C@@H]2[C@@H]1CCN2Cc1nccs1. The van der Waals surface area contributed by atoms with E-state index >= 15 is 0 Å². The third-order valence-electron chi connectivity index (χ3n) is 4.23. The highest BCUT2D eigenvalue weighted by Crippen LogP contribution is 2.33. The predicted octanol–water partition coefficient (Wildman–Crippen LogP) is 2.45. The van der Waals surface area contributed by atoms with E-state index in [0.29, 0.717) is 0 Å². The lowest BCUT2D eigenvalue weighted by Crippen LogP contribution is -2.37. The van der Waals surface area contributed by atoms with E-state index in [1.165, 1.54) is 37.5 Å². The van der Waals surface area contributed by atoms with Gasteiger partial charge in [0, 0.05) is 43.3 Å². The topological polar surface area (TPSA) is 19.4 Å². The van der Waals surface area contributed by atoms with Gasteiger partial charge in [0.1, 0.15) is 5.01 Å². The molecule has 1 aromatic rings. The zero-order valence-electron chi connectivity index (χ0n) is 11.4. The van der Waals surface area contributed by atoms with Crippen LogP contribution in [0.15, 0.2) is 11.6 Å². The maximum absolute atomic E-state index is 4.42. The Morgan fingerprint density at radius 1 is 1.28 bits per heavy atom. The average Bonchev–Trinajstić information content (AvgIpc) is 2.99. The van der Waals surface area contributed by atoms with Gasteiger partial charge in [0.05, 0.1) is 6.54 Å². The molecule has 0 saturated carbocycles. The van der Waals surface area contributed by atoms with Crippen molar-refractivity contribution in [2.24, 2.45) is 5.92 Å². The van der Waals surface area contributed by atoms with Crippen LogP contribution in [0.1, 0.15) is 31.7 Å². The first kappa shape index (κ1) is 12.6. The summed E-state index contributed by atoms with van der Waals surface area (Å²) in [6, 6.07) is 1.60. The molecule has 0 amide bonds. The fourth-order valence-electron chi connectivity index (χ4n) is 3.56. The molecule has 1 aromatic heterocycles. The van der Waals surface area contributed by atoms with Crippen molar-refractivity contribution in [3.05, 3.63) is 16.6 Å². The summed E-state index contributed by atoms with van der Waals surface area (Å²) in [5, 5.41) is 3.36. The van der Waals surface area contributed by atoms with Crippen LogP contribution in [-0.4, -0.2) is 46.5 Å². The number of hydrogen-bond acceptors (Lipinski definition) is 4.